The molecule has 0 saturated heterocycles. The van der Waals surface area contributed by atoms with E-state index in [4.69, 9.17) is 11.6 Å². The second-order valence-corrected chi connectivity index (χ2v) is 5.01. The summed E-state index contributed by atoms with van der Waals surface area (Å²) in [6, 6.07) is 7.70. The minimum absolute atomic E-state index is 0.221. The Bertz CT molecular complexity index is 605. The van der Waals surface area contributed by atoms with Crippen molar-refractivity contribution in [1.82, 2.24) is 15.4 Å². The number of nitrogens with two attached hydrogens (primary N) is 2. The third-order valence-electron chi connectivity index (χ3n) is 2.69. The molecule has 1 heterocycles. The van der Waals surface area contributed by atoms with E-state index in [1.165, 1.54) is 11.8 Å². The van der Waals surface area contributed by atoms with Gasteiger partial charge in [-0.2, -0.15) is 0 Å². The number of carbonyl (C=O) groups excluding carboxylic acids is 1. The van der Waals surface area contributed by atoms with Crippen LogP contribution in [0.5, 0.6) is 0 Å². The van der Waals surface area contributed by atoms with Crippen LogP contribution in [0.4, 0.5) is 5.82 Å². The molecule has 1 aromatic carbocycles. The molecule has 0 spiro atoms. The number of hydrogen-bond acceptors (Lipinski definition) is 6. The third-order valence-corrected chi connectivity index (χ3v) is 3.73. The Morgan fingerprint density at radius 2 is 1.90 bits per heavy atom. The zero-order chi connectivity index (χ0) is 14.4. The molecule has 0 radical (unpaired) electrons. The number of nitrogen functional groups attached to an aromatic ring is 1. The molecule has 104 valence electrons. The fourth-order valence-corrected chi connectivity index (χ4v) is 2.60. The summed E-state index contributed by atoms with van der Waals surface area (Å²) < 4.78 is 0. The minimum atomic E-state index is -0.221. The van der Waals surface area contributed by atoms with E-state index in [9.17, 15) is 4.79 Å². The molecule has 0 aliphatic carbocycles. The van der Waals surface area contributed by atoms with Gasteiger partial charge in [0.25, 0.3) is 0 Å². The normalized spacial score (nSPS) is 10.2. The average molecular weight is 289 g/mol. The average Bonchev–Trinajstić information content (AvgIpc) is 2.47. The molecule has 0 aliphatic heterocycles. The first-order valence-electron chi connectivity index (χ1n) is 5.96. The lowest BCUT2D eigenvalue weighted by Gasteiger charge is -2.09. The molecule has 0 fully saturated rings. The highest BCUT2D eigenvalue weighted by Gasteiger charge is 2.08. The van der Waals surface area contributed by atoms with E-state index in [0.717, 1.165) is 11.1 Å². The largest absolute Gasteiger partial charge is 0.381 e. The number of hydrogen-bond donors (Lipinski definition) is 3. The Labute approximate surface area is 121 Å². The number of nitrogens with one attached hydrogen (secondary N) is 1. The van der Waals surface area contributed by atoms with E-state index in [1.54, 1.807) is 12.4 Å². The van der Waals surface area contributed by atoms with Crippen LogP contribution in [0, 0.1) is 0 Å². The maximum absolute atomic E-state index is 11.4. The Kier molecular flexibility index (Phi) is 4.91. The number of hydrazine groups is 1. The van der Waals surface area contributed by atoms with E-state index in [-0.39, 0.29) is 12.3 Å². The summed E-state index contributed by atoms with van der Waals surface area (Å²) in [5.74, 6) is 5.97. The van der Waals surface area contributed by atoms with Gasteiger partial charge in [0.2, 0.25) is 5.91 Å². The number of carbonyl (C=O) groups is 1. The zero-order valence-electron chi connectivity index (χ0n) is 10.7. The molecule has 0 atom stereocenters. The number of amides is 1. The standard InChI is InChI=1S/C13H15N5OS/c14-12-13(17-6-5-16-12)20-8-10-4-2-1-3-9(10)7-11(19)18-15/h1-6H,7-8,15H2,(H2,14,16)(H,18,19). The highest BCUT2D eigenvalue weighted by Crippen LogP contribution is 2.25. The molecule has 2 aromatic rings. The van der Waals surface area contributed by atoms with Crippen LogP contribution in [0.15, 0.2) is 41.7 Å². The topological polar surface area (TPSA) is 107 Å². The van der Waals surface area contributed by atoms with Gasteiger partial charge in [-0.3, -0.25) is 10.2 Å². The van der Waals surface area contributed by atoms with Crippen molar-refractivity contribution < 1.29 is 4.79 Å². The third kappa shape index (κ3) is 3.69. The van der Waals surface area contributed by atoms with Gasteiger partial charge < -0.3 is 5.73 Å². The Hall–Kier alpha value is -2.12. The summed E-state index contributed by atoms with van der Waals surface area (Å²) in [6.07, 6.45) is 3.41. The molecule has 7 heteroatoms. The Morgan fingerprint density at radius 1 is 1.20 bits per heavy atom. The van der Waals surface area contributed by atoms with Gasteiger partial charge in [-0.1, -0.05) is 36.0 Å². The van der Waals surface area contributed by atoms with Crippen molar-refractivity contribution in [2.45, 2.75) is 17.2 Å². The lowest BCUT2D eigenvalue weighted by Crippen LogP contribution is -2.31. The van der Waals surface area contributed by atoms with Gasteiger partial charge in [-0.05, 0) is 11.1 Å². The van der Waals surface area contributed by atoms with Crippen LogP contribution in [0.25, 0.3) is 0 Å². The van der Waals surface area contributed by atoms with Crippen molar-refractivity contribution in [3.8, 4) is 0 Å². The van der Waals surface area contributed by atoms with Crippen molar-refractivity contribution >= 4 is 23.5 Å². The predicted octanol–water partition coefficient (Wildman–Crippen LogP) is 0.883. The second-order valence-electron chi connectivity index (χ2n) is 4.05. The van der Waals surface area contributed by atoms with Gasteiger partial charge in [0.15, 0.2) is 5.82 Å². The molecule has 1 amide bonds. The molecule has 0 unspecified atom stereocenters. The second kappa shape index (κ2) is 6.88. The van der Waals surface area contributed by atoms with Crippen LogP contribution in [-0.4, -0.2) is 15.9 Å². The van der Waals surface area contributed by atoms with Gasteiger partial charge in [-0.15, -0.1) is 0 Å². The lowest BCUT2D eigenvalue weighted by molar-refractivity contribution is -0.120. The summed E-state index contributed by atoms with van der Waals surface area (Å²) in [5.41, 5.74) is 9.87. The van der Waals surface area contributed by atoms with Crippen molar-refractivity contribution in [2.24, 2.45) is 5.84 Å². The fourth-order valence-electron chi connectivity index (χ4n) is 1.69. The number of nitrogens with zero attached hydrogens (tertiary/aromatic N) is 2. The van der Waals surface area contributed by atoms with Gasteiger partial charge in [0, 0.05) is 18.1 Å². The molecular weight excluding hydrogens is 274 g/mol. The van der Waals surface area contributed by atoms with Crippen LogP contribution in [0.2, 0.25) is 0 Å². The maximum atomic E-state index is 11.4. The summed E-state index contributed by atoms with van der Waals surface area (Å²) in [6.45, 7) is 0. The van der Waals surface area contributed by atoms with E-state index in [0.29, 0.717) is 16.6 Å². The number of anilines is 1. The van der Waals surface area contributed by atoms with Crippen LogP contribution in [0.1, 0.15) is 11.1 Å². The van der Waals surface area contributed by atoms with Crippen LogP contribution in [-0.2, 0) is 17.0 Å². The van der Waals surface area contributed by atoms with E-state index >= 15 is 0 Å². The number of thioether (sulfide) groups is 1. The van der Waals surface area contributed by atoms with Gasteiger partial charge in [0.1, 0.15) is 5.03 Å². The van der Waals surface area contributed by atoms with Gasteiger partial charge in [0.05, 0.1) is 6.42 Å². The molecule has 6 nitrogen and oxygen atoms in total. The van der Waals surface area contributed by atoms with E-state index < -0.39 is 0 Å². The molecule has 20 heavy (non-hydrogen) atoms. The first-order valence-corrected chi connectivity index (χ1v) is 6.94. The molecule has 1 aromatic heterocycles. The van der Waals surface area contributed by atoms with Crippen molar-refractivity contribution in [2.75, 3.05) is 5.73 Å². The number of benzene rings is 1. The number of rotatable bonds is 5. The Balaban J connectivity index is 2.10. The van der Waals surface area contributed by atoms with Crippen molar-refractivity contribution in [1.29, 1.82) is 0 Å². The summed E-state index contributed by atoms with van der Waals surface area (Å²) in [7, 11) is 0. The number of aromatic nitrogens is 2. The van der Waals surface area contributed by atoms with Crippen LogP contribution >= 0.6 is 11.8 Å². The highest BCUT2D eigenvalue weighted by atomic mass is 32.2. The predicted molar refractivity (Wildman–Crippen MR) is 78.5 cm³/mol. The lowest BCUT2D eigenvalue weighted by atomic mass is 10.1. The molecule has 0 bridgehead atoms. The maximum Gasteiger partial charge on any atom is 0.238 e. The fraction of sp³-hybridized carbons (Fsp3) is 0.154. The Morgan fingerprint density at radius 3 is 2.60 bits per heavy atom. The highest BCUT2D eigenvalue weighted by molar-refractivity contribution is 7.98. The van der Waals surface area contributed by atoms with E-state index in [2.05, 4.69) is 15.4 Å². The van der Waals surface area contributed by atoms with E-state index in [1.807, 2.05) is 24.3 Å². The van der Waals surface area contributed by atoms with Crippen LogP contribution in [0.3, 0.4) is 0 Å². The molecule has 5 N–H and O–H groups in total. The molecule has 0 saturated carbocycles. The summed E-state index contributed by atoms with van der Waals surface area (Å²) in [5, 5.41) is 0.686. The summed E-state index contributed by atoms with van der Waals surface area (Å²) in [4.78, 5) is 19.5. The molecule has 0 aliphatic rings. The monoisotopic (exact) mass is 289 g/mol. The molecular formula is C13H15N5OS. The van der Waals surface area contributed by atoms with Crippen molar-refractivity contribution in [3.63, 3.8) is 0 Å². The molecule has 2 rings (SSSR count). The van der Waals surface area contributed by atoms with Crippen molar-refractivity contribution in [3.05, 3.63) is 47.8 Å². The summed E-state index contributed by atoms with van der Waals surface area (Å²) >= 11 is 1.49. The first kappa shape index (κ1) is 14.3. The van der Waals surface area contributed by atoms with Gasteiger partial charge in [-0.25, -0.2) is 15.8 Å². The minimum Gasteiger partial charge on any atom is -0.381 e. The SMILES string of the molecule is NNC(=O)Cc1ccccc1CSc1nccnc1N. The zero-order valence-corrected chi connectivity index (χ0v) is 11.6. The van der Waals surface area contributed by atoms with Gasteiger partial charge >= 0.3 is 0 Å². The first-order chi connectivity index (χ1) is 9.70. The quantitative estimate of drug-likeness (QED) is 0.326. The van der Waals surface area contributed by atoms with Crippen LogP contribution < -0.4 is 17.0 Å². The smallest absolute Gasteiger partial charge is 0.238 e.